The number of fused-ring (bicyclic) bond motifs is 4. The summed E-state index contributed by atoms with van der Waals surface area (Å²) in [5, 5.41) is 0. The van der Waals surface area contributed by atoms with Crippen LogP contribution in [0.2, 0.25) is 0 Å². The van der Waals surface area contributed by atoms with E-state index in [4.69, 9.17) is 9.47 Å². The van der Waals surface area contributed by atoms with Crippen molar-refractivity contribution in [2.24, 2.45) is 23.2 Å². The first-order chi connectivity index (χ1) is 15.1. The second-order valence-corrected chi connectivity index (χ2v) is 10.8. The van der Waals surface area contributed by atoms with Crippen LogP contribution in [0, 0.1) is 23.2 Å². The molecule has 3 fully saturated rings. The van der Waals surface area contributed by atoms with Gasteiger partial charge < -0.3 is 9.47 Å². The predicted octanol–water partition coefficient (Wildman–Crippen LogP) is 5.70. The van der Waals surface area contributed by atoms with E-state index in [1.807, 2.05) is 6.08 Å². The standard InChI is InChI=1S/C27H38O4/c1-27-17-19(6-2-4-14-30-25-7-3-5-15-31-25)26-21-11-9-20(28)16-18(21)8-10-22(26)23(27)12-13-24(27)29/h16,19,22-23,25H,2-15,17H2,1H3/t19-,22-,23-,25?,27-/m0/s1. The van der Waals surface area contributed by atoms with Gasteiger partial charge in [0.15, 0.2) is 12.1 Å². The lowest BCUT2D eigenvalue weighted by Gasteiger charge is -2.50. The van der Waals surface area contributed by atoms with Crippen LogP contribution >= 0.6 is 0 Å². The highest BCUT2D eigenvalue weighted by molar-refractivity contribution is 5.93. The third-order valence-electron chi connectivity index (χ3n) is 8.94. The quantitative estimate of drug-likeness (QED) is 0.511. The molecular formula is C27H38O4. The molecule has 0 aromatic rings. The Morgan fingerprint density at radius 2 is 1.97 bits per heavy atom. The summed E-state index contributed by atoms with van der Waals surface area (Å²) in [6.45, 7) is 3.86. The first-order valence-electron chi connectivity index (χ1n) is 12.8. The van der Waals surface area contributed by atoms with Crippen molar-refractivity contribution < 1.29 is 19.1 Å². The van der Waals surface area contributed by atoms with Crippen molar-refractivity contribution in [2.45, 2.75) is 96.7 Å². The molecule has 1 aliphatic heterocycles. The Kier molecular flexibility index (Phi) is 6.22. The largest absolute Gasteiger partial charge is 0.353 e. The summed E-state index contributed by atoms with van der Waals surface area (Å²) in [4.78, 5) is 25.0. The zero-order valence-electron chi connectivity index (χ0n) is 19.1. The molecule has 1 heterocycles. The molecule has 5 aliphatic rings. The van der Waals surface area contributed by atoms with E-state index in [-0.39, 0.29) is 11.7 Å². The average Bonchev–Trinajstić information content (AvgIpc) is 3.08. The summed E-state index contributed by atoms with van der Waals surface area (Å²) in [5.74, 6) is 2.37. The molecule has 0 spiro atoms. The number of Topliss-reactive ketones (excluding diaryl/α,β-unsaturated/α-hetero) is 1. The molecular weight excluding hydrogens is 388 g/mol. The van der Waals surface area contributed by atoms with Crippen molar-refractivity contribution in [1.82, 2.24) is 0 Å². The molecule has 0 amide bonds. The normalized spacial score (nSPS) is 37.9. The van der Waals surface area contributed by atoms with E-state index in [1.165, 1.54) is 17.6 Å². The van der Waals surface area contributed by atoms with Gasteiger partial charge in [-0.15, -0.1) is 0 Å². The van der Waals surface area contributed by atoms with Gasteiger partial charge in [-0.05, 0) is 99.2 Å². The van der Waals surface area contributed by atoms with Crippen LogP contribution in [-0.4, -0.2) is 31.1 Å². The minimum atomic E-state index is -0.127. The number of ketones is 2. The van der Waals surface area contributed by atoms with Crippen molar-refractivity contribution in [2.75, 3.05) is 13.2 Å². The SMILES string of the molecule is C[C@]12C[C@H](CCCCOC3CCCCO3)C3=C4CCC(=O)C=C4CC[C@H]3[C@@H]1CCC2=O. The Hall–Kier alpha value is -1.26. The van der Waals surface area contributed by atoms with Crippen LogP contribution in [-0.2, 0) is 19.1 Å². The molecule has 0 radical (unpaired) electrons. The van der Waals surface area contributed by atoms with Crippen LogP contribution in [0.3, 0.4) is 0 Å². The highest BCUT2D eigenvalue weighted by Crippen LogP contribution is 2.61. The highest BCUT2D eigenvalue weighted by Gasteiger charge is 2.55. The molecule has 1 unspecified atom stereocenters. The number of allylic oxidation sites excluding steroid dienone is 4. The van der Waals surface area contributed by atoms with E-state index in [2.05, 4.69) is 6.92 Å². The number of ether oxygens (including phenoxy) is 2. The summed E-state index contributed by atoms with van der Waals surface area (Å²) in [6, 6.07) is 0. The van der Waals surface area contributed by atoms with Crippen LogP contribution in [0.5, 0.6) is 0 Å². The molecule has 0 bridgehead atoms. The second kappa shape index (κ2) is 8.94. The number of rotatable bonds is 6. The van der Waals surface area contributed by atoms with E-state index in [1.54, 1.807) is 5.57 Å². The molecule has 170 valence electrons. The van der Waals surface area contributed by atoms with Gasteiger partial charge in [-0.3, -0.25) is 9.59 Å². The molecule has 4 heteroatoms. The van der Waals surface area contributed by atoms with Crippen LogP contribution in [0.15, 0.2) is 22.8 Å². The molecule has 0 aromatic carbocycles. The fraction of sp³-hybridized carbons (Fsp3) is 0.778. The number of unbranched alkanes of at least 4 members (excludes halogenated alkanes) is 1. The number of carbonyl (C=O) groups excluding carboxylic acids is 2. The van der Waals surface area contributed by atoms with Gasteiger partial charge in [0, 0.05) is 31.5 Å². The Labute approximate surface area is 186 Å². The fourth-order valence-electron chi connectivity index (χ4n) is 7.41. The van der Waals surface area contributed by atoms with E-state index < -0.39 is 0 Å². The third kappa shape index (κ3) is 4.11. The van der Waals surface area contributed by atoms with Crippen LogP contribution in [0.1, 0.15) is 90.4 Å². The minimum absolute atomic E-state index is 0.000614. The van der Waals surface area contributed by atoms with Gasteiger partial charge in [0.1, 0.15) is 5.78 Å². The molecule has 1 saturated heterocycles. The summed E-state index contributed by atoms with van der Waals surface area (Å²) < 4.78 is 11.6. The molecule has 0 N–H and O–H groups in total. The van der Waals surface area contributed by atoms with Crippen molar-refractivity contribution in [3.8, 4) is 0 Å². The molecule has 2 saturated carbocycles. The molecule has 0 aromatic heterocycles. The van der Waals surface area contributed by atoms with Gasteiger partial charge in [-0.25, -0.2) is 0 Å². The third-order valence-corrected chi connectivity index (χ3v) is 8.94. The fourth-order valence-corrected chi connectivity index (χ4v) is 7.41. The summed E-state index contributed by atoms with van der Waals surface area (Å²) in [6.07, 6.45) is 15.2. The zero-order valence-corrected chi connectivity index (χ0v) is 19.1. The summed E-state index contributed by atoms with van der Waals surface area (Å²) in [7, 11) is 0. The Morgan fingerprint density at radius 1 is 1.06 bits per heavy atom. The van der Waals surface area contributed by atoms with Gasteiger partial charge in [0.25, 0.3) is 0 Å². The second-order valence-electron chi connectivity index (χ2n) is 10.8. The maximum Gasteiger partial charge on any atom is 0.157 e. The topological polar surface area (TPSA) is 52.6 Å². The van der Waals surface area contributed by atoms with Crippen molar-refractivity contribution in [3.05, 3.63) is 22.8 Å². The number of hydrogen-bond acceptors (Lipinski definition) is 4. The Morgan fingerprint density at radius 3 is 2.81 bits per heavy atom. The maximum atomic E-state index is 12.9. The van der Waals surface area contributed by atoms with Crippen LogP contribution in [0.25, 0.3) is 0 Å². The van der Waals surface area contributed by atoms with Crippen molar-refractivity contribution in [3.63, 3.8) is 0 Å². The van der Waals surface area contributed by atoms with Crippen molar-refractivity contribution in [1.29, 1.82) is 0 Å². The van der Waals surface area contributed by atoms with Gasteiger partial charge in [-0.1, -0.05) is 18.9 Å². The van der Waals surface area contributed by atoms with Crippen LogP contribution in [0.4, 0.5) is 0 Å². The zero-order chi connectivity index (χ0) is 21.4. The van der Waals surface area contributed by atoms with Crippen molar-refractivity contribution >= 4 is 11.6 Å². The highest BCUT2D eigenvalue weighted by atomic mass is 16.7. The monoisotopic (exact) mass is 426 g/mol. The maximum absolute atomic E-state index is 12.9. The Balaban J connectivity index is 1.30. The number of carbonyl (C=O) groups is 2. The predicted molar refractivity (Wildman–Crippen MR) is 119 cm³/mol. The lowest BCUT2D eigenvalue weighted by molar-refractivity contribution is -0.162. The van der Waals surface area contributed by atoms with E-state index >= 15 is 0 Å². The minimum Gasteiger partial charge on any atom is -0.353 e. The molecule has 4 nitrogen and oxygen atoms in total. The average molecular weight is 427 g/mol. The van der Waals surface area contributed by atoms with E-state index in [0.29, 0.717) is 35.7 Å². The lowest BCUT2D eigenvalue weighted by Crippen LogP contribution is -2.44. The first kappa shape index (κ1) is 21.6. The molecule has 4 aliphatic carbocycles. The van der Waals surface area contributed by atoms with Gasteiger partial charge >= 0.3 is 0 Å². The Bertz CT molecular complexity index is 787. The molecule has 31 heavy (non-hydrogen) atoms. The molecule has 5 atom stereocenters. The van der Waals surface area contributed by atoms with Gasteiger partial charge in [-0.2, -0.15) is 0 Å². The van der Waals surface area contributed by atoms with Gasteiger partial charge in [0.2, 0.25) is 0 Å². The first-order valence-corrected chi connectivity index (χ1v) is 12.8. The lowest BCUT2D eigenvalue weighted by atomic mass is 9.53. The number of hydrogen-bond donors (Lipinski definition) is 0. The smallest absolute Gasteiger partial charge is 0.157 e. The van der Waals surface area contributed by atoms with E-state index in [9.17, 15) is 9.59 Å². The van der Waals surface area contributed by atoms with Gasteiger partial charge in [0.05, 0.1) is 0 Å². The summed E-state index contributed by atoms with van der Waals surface area (Å²) >= 11 is 0. The van der Waals surface area contributed by atoms with Crippen LogP contribution < -0.4 is 0 Å². The summed E-state index contributed by atoms with van der Waals surface area (Å²) in [5.41, 5.74) is 4.35. The molecule has 5 rings (SSSR count). The van der Waals surface area contributed by atoms with E-state index in [0.717, 1.165) is 83.8 Å².